The lowest BCUT2D eigenvalue weighted by molar-refractivity contribution is 0.0983. The number of aryl methyl sites for hydroxylation is 3. The largest absolute Gasteiger partial charge is 0.294 e. The minimum absolute atomic E-state index is 0.230. The maximum absolute atomic E-state index is 12.2. The minimum atomic E-state index is 0.230. The third-order valence-corrected chi connectivity index (χ3v) is 3.58. The summed E-state index contributed by atoms with van der Waals surface area (Å²) in [6.45, 7) is 4.24. The lowest BCUT2D eigenvalue weighted by Crippen LogP contribution is -2.01. The van der Waals surface area contributed by atoms with Crippen molar-refractivity contribution >= 4 is 5.78 Å². The lowest BCUT2D eigenvalue weighted by atomic mass is 10.0. The number of rotatable bonds is 6. The monoisotopic (exact) mass is 266 g/mol. The first-order chi connectivity index (χ1) is 9.69. The Hall–Kier alpha value is -1.89. The van der Waals surface area contributed by atoms with Gasteiger partial charge in [-0.25, -0.2) is 0 Å². The Morgan fingerprint density at radius 2 is 1.40 bits per heavy atom. The molecule has 0 fully saturated rings. The fraction of sp³-hybridized carbons (Fsp3) is 0.316. The fourth-order valence-electron chi connectivity index (χ4n) is 2.30. The fourth-order valence-corrected chi connectivity index (χ4v) is 2.30. The average Bonchev–Trinajstić information content (AvgIpc) is 2.47. The molecular weight excluding hydrogens is 244 g/mol. The molecule has 0 N–H and O–H groups in total. The quantitative estimate of drug-likeness (QED) is 0.689. The van der Waals surface area contributed by atoms with Gasteiger partial charge >= 0.3 is 0 Å². The van der Waals surface area contributed by atoms with E-state index in [9.17, 15) is 4.79 Å². The molecule has 2 aromatic rings. The van der Waals surface area contributed by atoms with E-state index < -0.39 is 0 Å². The lowest BCUT2D eigenvalue weighted by Gasteiger charge is -2.04. The summed E-state index contributed by atoms with van der Waals surface area (Å²) >= 11 is 0. The Bertz CT molecular complexity index is 549. The van der Waals surface area contributed by atoms with Crippen LogP contribution in [0.25, 0.3) is 0 Å². The first-order valence-electron chi connectivity index (χ1n) is 7.36. The summed E-state index contributed by atoms with van der Waals surface area (Å²) in [5, 5.41) is 0. The summed E-state index contributed by atoms with van der Waals surface area (Å²) in [5.41, 5.74) is 4.62. The van der Waals surface area contributed by atoms with E-state index in [1.807, 2.05) is 12.1 Å². The molecule has 0 aliphatic rings. The van der Waals surface area contributed by atoms with E-state index in [4.69, 9.17) is 0 Å². The van der Waals surface area contributed by atoms with Crippen LogP contribution in [0.15, 0.2) is 48.5 Å². The van der Waals surface area contributed by atoms with Crippen molar-refractivity contribution in [3.05, 3.63) is 70.8 Å². The Balaban J connectivity index is 1.92. The molecule has 0 bridgehead atoms. The zero-order valence-corrected chi connectivity index (χ0v) is 12.4. The maximum Gasteiger partial charge on any atom is 0.163 e. The molecular formula is C19H22O. The Morgan fingerprint density at radius 3 is 2.00 bits per heavy atom. The predicted molar refractivity (Wildman–Crippen MR) is 84.3 cm³/mol. The van der Waals surface area contributed by atoms with Gasteiger partial charge in [0.25, 0.3) is 0 Å². The number of carbonyl (C=O) groups is 1. The van der Waals surface area contributed by atoms with E-state index in [-0.39, 0.29) is 5.78 Å². The third-order valence-electron chi connectivity index (χ3n) is 3.58. The summed E-state index contributed by atoms with van der Waals surface area (Å²) in [6.07, 6.45) is 3.62. The van der Waals surface area contributed by atoms with Gasteiger partial charge in [-0.1, -0.05) is 67.4 Å². The van der Waals surface area contributed by atoms with Crippen molar-refractivity contribution in [3.8, 4) is 0 Å². The molecule has 104 valence electrons. The van der Waals surface area contributed by atoms with Crippen molar-refractivity contribution in [2.45, 2.75) is 39.5 Å². The summed E-state index contributed by atoms with van der Waals surface area (Å²) in [6, 6.07) is 16.5. The van der Waals surface area contributed by atoms with E-state index in [0.717, 1.165) is 24.8 Å². The van der Waals surface area contributed by atoms with Crippen molar-refractivity contribution in [1.82, 2.24) is 0 Å². The molecule has 0 heterocycles. The van der Waals surface area contributed by atoms with Crippen molar-refractivity contribution in [2.75, 3.05) is 0 Å². The van der Waals surface area contributed by atoms with Gasteiger partial charge in [0.15, 0.2) is 5.78 Å². The topological polar surface area (TPSA) is 17.1 Å². The predicted octanol–water partition coefficient (Wildman–Crippen LogP) is 4.76. The molecule has 0 aliphatic heterocycles. The molecule has 2 rings (SSSR count). The molecule has 0 saturated heterocycles. The number of Topliss-reactive ketones (excluding diaryl/α,β-unsaturated/α-hetero) is 1. The number of hydrogen-bond donors (Lipinski definition) is 0. The van der Waals surface area contributed by atoms with Crippen LogP contribution in [0.2, 0.25) is 0 Å². The SMILES string of the molecule is CCCc1ccc(C(=O)CCc2ccc(C)cc2)cc1. The highest BCUT2D eigenvalue weighted by Gasteiger charge is 2.06. The maximum atomic E-state index is 12.2. The first-order valence-corrected chi connectivity index (χ1v) is 7.36. The molecule has 0 aliphatic carbocycles. The molecule has 0 radical (unpaired) electrons. The summed E-state index contributed by atoms with van der Waals surface area (Å²) in [7, 11) is 0. The Morgan fingerprint density at radius 1 is 0.850 bits per heavy atom. The normalized spacial score (nSPS) is 10.5. The zero-order chi connectivity index (χ0) is 14.4. The minimum Gasteiger partial charge on any atom is -0.294 e. The van der Waals surface area contributed by atoms with E-state index in [2.05, 4.69) is 50.2 Å². The zero-order valence-electron chi connectivity index (χ0n) is 12.4. The Kier molecular flexibility index (Phi) is 5.11. The van der Waals surface area contributed by atoms with Gasteiger partial charge in [0.1, 0.15) is 0 Å². The van der Waals surface area contributed by atoms with Crippen LogP contribution in [0, 0.1) is 6.92 Å². The molecule has 0 spiro atoms. The number of ketones is 1. The van der Waals surface area contributed by atoms with Crippen LogP contribution in [0.4, 0.5) is 0 Å². The molecule has 2 aromatic carbocycles. The van der Waals surface area contributed by atoms with Gasteiger partial charge in [0.2, 0.25) is 0 Å². The molecule has 0 amide bonds. The summed E-state index contributed by atoms with van der Waals surface area (Å²) < 4.78 is 0. The number of carbonyl (C=O) groups excluding carboxylic acids is 1. The van der Waals surface area contributed by atoms with Crippen molar-refractivity contribution in [3.63, 3.8) is 0 Å². The van der Waals surface area contributed by atoms with Gasteiger partial charge in [-0.2, -0.15) is 0 Å². The van der Waals surface area contributed by atoms with Crippen molar-refractivity contribution in [1.29, 1.82) is 0 Å². The smallest absolute Gasteiger partial charge is 0.163 e. The molecule has 0 unspecified atom stereocenters. The highest BCUT2D eigenvalue weighted by atomic mass is 16.1. The van der Waals surface area contributed by atoms with Gasteiger partial charge < -0.3 is 0 Å². The second-order valence-corrected chi connectivity index (χ2v) is 5.36. The van der Waals surface area contributed by atoms with Crippen molar-refractivity contribution < 1.29 is 4.79 Å². The van der Waals surface area contributed by atoms with Crippen LogP contribution in [0.1, 0.15) is 46.8 Å². The molecule has 20 heavy (non-hydrogen) atoms. The van der Waals surface area contributed by atoms with Crippen LogP contribution in [0.3, 0.4) is 0 Å². The van der Waals surface area contributed by atoms with E-state index in [1.54, 1.807) is 0 Å². The van der Waals surface area contributed by atoms with Gasteiger partial charge in [-0.05, 0) is 30.9 Å². The molecule has 0 atom stereocenters. The second kappa shape index (κ2) is 7.04. The van der Waals surface area contributed by atoms with Gasteiger partial charge in [0.05, 0.1) is 0 Å². The summed E-state index contributed by atoms with van der Waals surface area (Å²) in [5.74, 6) is 0.230. The van der Waals surface area contributed by atoms with E-state index >= 15 is 0 Å². The molecule has 1 heteroatoms. The third kappa shape index (κ3) is 4.06. The highest BCUT2D eigenvalue weighted by molar-refractivity contribution is 5.96. The van der Waals surface area contributed by atoms with E-state index in [0.29, 0.717) is 6.42 Å². The highest BCUT2D eigenvalue weighted by Crippen LogP contribution is 2.12. The van der Waals surface area contributed by atoms with Crippen LogP contribution in [-0.2, 0) is 12.8 Å². The van der Waals surface area contributed by atoms with Gasteiger partial charge in [0, 0.05) is 12.0 Å². The average molecular weight is 266 g/mol. The summed E-state index contributed by atoms with van der Waals surface area (Å²) in [4.78, 5) is 12.2. The molecule has 0 aromatic heterocycles. The first kappa shape index (κ1) is 14.5. The number of hydrogen-bond acceptors (Lipinski definition) is 1. The molecule has 0 saturated carbocycles. The van der Waals surface area contributed by atoms with Crippen LogP contribution in [-0.4, -0.2) is 5.78 Å². The standard InChI is InChI=1S/C19H22O/c1-3-4-16-9-12-18(13-10-16)19(20)14-11-17-7-5-15(2)6-8-17/h5-10,12-13H,3-4,11,14H2,1-2H3. The van der Waals surface area contributed by atoms with E-state index in [1.165, 1.54) is 16.7 Å². The van der Waals surface area contributed by atoms with Crippen molar-refractivity contribution in [2.24, 2.45) is 0 Å². The van der Waals surface area contributed by atoms with Gasteiger partial charge in [-0.15, -0.1) is 0 Å². The number of benzene rings is 2. The van der Waals surface area contributed by atoms with Crippen LogP contribution < -0.4 is 0 Å². The van der Waals surface area contributed by atoms with Gasteiger partial charge in [-0.3, -0.25) is 4.79 Å². The molecule has 1 nitrogen and oxygen atoms in total. The van der Waals surface area contributed by atoms with Crippen LogP contribution >= 0.6 is 0 Å². The Labute approximate surface area is 121 Å². The second-order valence-electron chi connectivity index (χ2n) is 5.36. The van der Waals surface area contributed by atoms with Crippen LogP contribution in [0.5, 0.6) is 0 Å².